The fourth-order valence-corrected chi connectivity index (χ4v) is 7.03. The highest BCUT2D eigenvalue weighted by Crippen LogP contribution is 2.57. The molecule has 33 heavy (non-hydrogen) atoms. The minimum Gasteiger partial charge on any atom is -0.443 e. The van der Waals surface area contributed by atoms with Crippen molar-refractivity contribution in [1.29, 1.82) is 0 Å². The van der Waals surface area contributed by atoms with Crippen LogP contribution < -0.4 is 10.6 Å². The van der Waals surface area contributed by atoms with Crippen molar-refractivity contribution in [2.24, 2.45) is 29.6 Å². The lowest BCUT2D eigenvalue weighted by atomic mass is 9.54. The van der Waals surface area contributed by atoms with Crippen molar-refractivity contribution in [1.82, 2.24) is 15.5 Å². The molecule has 4 aliphatic carbocycles. The normalized spacial score (nSPS) is 34.0. The summed E-state index contributed by atoms with van der Waals surface area (Å²) < 4.78 is 6.16. The Morgan fingerprint density at radius 3 is 2.27 bits per heavy atom. The number of amides is 3. The highest BCUT2D eigenvalue weighted by Gasteiger charge is 2.53. The first kappa shape index (κ1) is 24.0. The number of nitrogens with zero attached hydrogens (tertiary/aromatic N) is 1. The van der Waals surface area contributed by atoms with Crippen LogP contribution in [0.25, 0.3) is 0 Å². The molecule has 3 atom stereocenters. The Morgan fingerprint density at radius 1 is 1.18 bits per heavy atom. The molecule has 0 aromatic heterocycles. The van der Waals surface area contributed by atoms with Crippen LogP contribution in [0.1, 0.15) is 71.6 Å². The maximum Gasteiger partial charge on any atom is 0.410 e. The van der Waals surface area contributed by atoms with Crippen molar-refractivity contribution in [2.75, 3.05) is 13.6 Å². The molecule has 5 fully saturated rings. The maximum atomic E-state index is 13.2. The molecule has 0 unspecified atom stereocenters. The molecule has 1 heterocycles. The molecule has 2 N–H and O–H groups in total. The lowest BCUT2D eigenvalue weighted by Crippen LogP contribution is -2.56. The molecule has 1 aliphatic heterocycles. The summed E-state index contributed by atoms with van der Waals surface area (Å²) in [4.78, 5) is 51.4. The highest BCUT2D eigenvalue weighted by atomic mass is 16.6. The molecule has 0 aromatic rings. The molecule has 8 heteroatoms. The minimum atomic E-state index is -0.756. The first-order valence-electron chi connectivity index (χ1n) is 12.7. The van der Waals surface area contributed by atoms with Gasteiger partial charge in [-0.2, -0.15) is 0 Å². The Bertz CT molecular complexity index is 747. The van der Waals surface area contributed by atoms with Crippen LogP contribution in [-0.4, -0.2) is 60.4 Å². The molecule has 5 aliphatic rings. The van der Waals surface area contributed by atoms with Crippen LogP contribution in [0.15, 0.2) is 0 Å². The molecular weight excluding hydrogens is 422 g/mol. The molecule has 0 spiro atoms. The molecule has 5 rings (SSSR count). The smallest absolute Gasteiger partial charge is 0.410 e. The van der Waals surface area contributed by atoms with Crippen LogP contribution in [0.5, 0.6) is 0 Å². The monoisotopic (exact) mass is 461 g/mol. The van der Waals surface area contributed by atoms with E-state index in [2.05, 4.69) is 10.6 Å². The van der Waals surface area contributed by atoms with E-state index in [9.17, 15) is 19.2 Å². The van der Waals surface area contributed by atoms with Gasteiger partial charge in [0.05, 0.1) is 6.04 Å². The van der Waals surface area contributed by atoms with Crippen molar-refractivity contribution in [3.05, 3.63) is 0 Å². The second-order valence-corrected chi connectivity index (χ2v) is 11.5. The van der Waals surface area contributed by atoms with Crippen LogP contribution in [0, 0.1) is 29.6 Å². The van der Waals surface area contributed by atoms with E-state index >= 15 is 0 Å². The average Bonchev–Trinajstić information content (AvgIpc) is 3.13. The summed E-state index contributed by atoms with van der Waals surface area (Å²) >= 11 is 0. The number of carbonyl (C=O) groups excluding carboxylic acids is 4. The number of ether oxygens (including phenoxy) is 1. The molecular formula is C25H39N3O5. The number of hydrogen-bond donors (Lipinski definition) is 2. The maximum absolute atomic E-state index is 13.2. The first-order chi connectivity index (χ1) is 15.7. The molecule has 4 bridgehead atoms. The zero-order valence-electron chi connectivity index (χ0n) is 20.2. The summed E-state index contributed by atoms with van der Waals surface area (Å²) in [7, 11) is 1.62. The standard InChI is InChI=1S/C25H39N3O5/c1-15(2)6-21(23(31)27-20(14-29)10-19-4-5-26-22(19)30)28(3)24(32)33-25-11-16-7-17(12-25)9-18(8-16)13-25/h14-21H,4-13H2,1-3H3,(H,26,30)(H,27,31)/t16?,17?,18?,19-,20-,21-,25?/m0/s1. The summed E-state index contributed by atoms with van der Waals surface area (Å²) in [6.07, 6.45) is 8.24. The Morgan fingerprint density at radius 2 is 1.79 bits per heavy atom. The van der Waals surface area contributed by atoms with Crippen molar-refractivity contribution < 1.29 is 23.9 Å². The first-order valence-corrected chi connectivity index (χ1v) is 12.7. The van der Waals surface area contributed by atoms with E-state index < -0.39 is 18.2 Å². The lowest BCUT2D eigenvalue weighted by Gasteiger charge is -2.55. The summed E-state index contributed by atoms with van der Waals surface area (Å²) in [6.45, 7) is 4.59. The number of likely N-dealkylation sites (N-methyl/N-ethyl adjacent to an activating group) is 1. The predicted octanol–water partition coefficient (Wildman–Crippen LogP) is 2.65. The van der Waals surface area contributed by atoms with Gasteiger partial charge in [0.15, 0.2) is 0 Å². The van der Waals surface area contributed by atoms with Gasteiger partial charge in [0.25, 0.3) is 0 Å². The third kappa shape index (κ3) is 5.35. The molecule has 184 valence electrons. The third-order valence-corrected chi connectivity index (χ3v) is 8.23. The van der Waals surface area contributed by atoms with E-state index in [-0.39, 0.29) is 35.7 Å². The molecule has 0 radical (unpaired) electrons. The van der Waals surface area contributed by atoms with Crippen LogP contribution in [0.3, 0.4) is 0 Å². The average molecular weight is 462 g/mol. The van der Waals surface area contributed by atoms with E-state index in [1.165, 1.54) is 24.2 Å². The van der Waals surface area contributed by atoms with Gasteiger partial charge in [-0.1, -0.05) is 13.8 Å². The Labute approximate surface area is 196 Å². The van der Waals surface area contributed by atoms with Gasteiger partial charge in [0, 0.05) is 19.5 Å². The summed E-state index contributed by atoms with van der Waals surface area (Å²) in [5.74, 6) is 1.42. The van der Waals surface area contributed by atoms with Gasteiger partial charge < -0.3 is 20.2 Å². The second kappa shape index (κ2) is 9.63. The van der Waals surface area contributed by atoms with Crippen LogP contribution in [0.2, 0.25) is 0 Å². The van der Waals surface area contributed by atoms with Gasteiger partial charge in [-0.05, 0) is 81.5 Å². The predicted molar refractivity (Wildman–Crippen MR) is 122 cm³/mol. The van der Waals surface area contributed by atoms with Crippen molar-refractivity contribution in [3.8, 4) is 0 Å². The summed E-state index contributed by atoms with van der Waals surface area (Å²) in [6, 6.07) is -1.49. The van der Waals surface area contributed by atoms with E-state index in [0.29, 0.717) is 43.4 Å². The van der Waals surface area contributed by atoms with Crippen molar-refractivity contribution in [3.63, 3.8) is 0 Å². The summed E-state index contributed by atoms with van der Waals surface area (Å²) in [5.41, 5.74) is -0.375. The largest absolute Gasteiger partial charge is 0.443 e. The third-order valence-electron chi connectivity index (χ3n) is 8.23. The van der Waals surface area contributed by atoms with Gasteiger partial charge >= 0.3 is 6.09 Å². The number of aldehydes is 1. The fraction of sp³-hybridized carbons (Fsp3) is 0.840. The van der Waals surface area contributed by atoms with Gasteiger partial charge in [-0.25, -0.2) is 4.79 Å². The van der Waals surface area contributed by atoms with Crippen molar-refractivity contribution in [2.45, 2.75) is 89.3 Å². The zero-order chi connectivity index (χ0) is 23.8. The Hall–Kier alpha value is -2.12. The molecule has 8 nitrogen and oxygen atoms in total. The van der Waals surface area contributed by atoms with Gasteiger partial charge in [-0.15, -0.1) is 0 Å². The Kier molecular flexibility index (Phi) is 7.01. The molecule has 1 saturated heterocycles. The SMILES string of the molecule is CC(C)C[C@@H](C(=O)N[C@H](C=O)C[C@@H]1CCNC1=O)N(C)C(=O)OC12CC3CC(CC(C3)C1)C2. The summed E-state index contributed by atoms with van der Waals surface area (Å²) in [5, 5.41) is 5.54. The minimum absolute atomic E-state index is 0.0777. The van der Waals surface area contributed by atoms with Crippen LogP contribution >= 0.6 is 0 Å². The van der Waals surface area contributed by atoms with Crippen LogP contribution in [-0.2, 0) is 19.1 Å². The quantitative estimate of drug-likeness (QED) is 0.514. The van der Waals surface area contributed by atoms with Gasteiger partial charge in [0.2, 0.25) is 11.8 Å². The van der Waals surface area contributed by atoms with E-state index in [1.54, 1.807) is 7.05 Å². The molecule has 0 aromatic carbocycles. The lowest BCUT2D eigenvalue weighted by molar-refractivity contribution is -0.139. The zero-order valence-corrected chi connectivity index (χ0v) is 20.2. The van der Waals surface area contributed by atoms with E-state index in [0.717, 1.165) is 19.3 Å². The molecule has 3 amide bonds. The van der Waals surface area contributed by atoms with Crippen molar-refractivity contribution >= 4 is 24.2 Å². The molecule has 4 saturated carbocycles. The second-order valence-electron chi connectivity index (χ2n) is 11.5. The van der Waals surface area contributed by atoms with Gasteiger partial charge in [-0.3, -0.25) is 14.5 Å². The number of nitrogens with one attached hydrogen (secondary N) is 2. The van der Waals surface area contributed by atoms with Crippen LogP contribution in [0.4, 0.5) is 4.79 Å². The van der Waals surface area contributed by atoms with E-state index in [1.807, 2.05) is 13.8 Å². The fourth-order valence-electron chi connectivity index (χ4n) is 7.03. The number of rotatable bonds is 9. The number of hydrogen-bond acceptors (Lipinski definition) is 5. The van der Waals surface area contributed by atoms with E-state index in [4.69, 9.17) is 4.74 Å². The Balaban J connectivity index is 1.40. The van der Waals surface area contributed by atoms with Gasteiger partial charge in [0.1, 0.15) is 17.9 Å². The highest BCUT2D eigenvalue weighted by molar-refractivity contribution is 5.88. The topological polar surface area (TPSA) is 105 Å². The number of carbonyl (C=O) groups is 4.